The van der Waals surface area contributed by atoms with Crippen molar-refractivity contribution in [1.29, 1.82) is 0 Å². The molecule has 0 radical (unpaired) electrons. The Kier molecular flexibility index (Phi) is 5.39. The molecule has 1 aliphatic rings. The Morgan fingerprint density at radius 3 is 2.94 bits per heavy atom. The fraction of sp³-hybridized carbons (Fsp3) is 0.600. The highest BCUT2D eigenvalue weighted by Gasteiger charge is 2.21. The van der Waals surface area contributed by atoms with Gasteiger partial charge in [0.1, 0.15) is 5.50 Å². The molecule has 1 aromatic rings. The van der Waals surface area contributed by atoms with Crippen LogP contribution >= 0.6 is 11.8 Å². The zero-order chi connectivity index (χ0) is 12.8. The minimum atomic E-state index is 0.139. The van der Waals surface area contributed by atoms with Gasteiger partial charge in [0.05, 0.1) is 0 Å². The highest BCUT2D eigenvalue weighted by atomic mass is 32.2. The number of nitrogens with two attached hydrogens (primary N) is 1. The topological polar surface area (TPSA) is 29.3 Å². The van der Waals surface area contributed by atoms with Crippen molar-refractivity contribution < 1.29 is 0 Å². The molecule has 18 heavy (non-hydrogen) atoms. The van der Waals surface area contributed by atoms with Gasteiger partial charge in [0.15, 0.2) is 0 Å². The van der Waals surface area contributed by atoms with E-state index in [0.29, 0.717) is 0 Å². The number of hydrogen-bond acceptors (Lipinski definition) is 3. The number of aryl methyl sites for hydroxylation is 1. The third-order valence-electron chi connectivity index (χ3n) is 3.49. The van der Waals surface area contributed by atoms with E-state index >= 15 is 0 Å². The first kappa shape index (κ1) is 13.8. The summed E-state index contributed by atoms with van der Waals surface area (Å²) in [6.07, 6.45) is 6.51. The molecule has 1 aromatic carbocycles. The molecule has 0 spiro atoms. The number of hydrogen-bond donors (Lipinski definition) is 1. The summed E-state index contributed by atoms with van der Waals surface area (Å²) in [6, 6.07) is 8.91. The normalized spacial score (nSPS) is 19.4. The van der Waals surface area contributed by atoms with Gasteiger partial charge in [-0.15, -0.1) is 11.8 Å². The predicted molar refractivity (Wildman–Crippen MR) is 82.1 cm³/mol. The summed E-state index contributed by atoms with van der Waals surface area (Å²) in [5.74, 6) is 1.14. The lowest BCUT2D eigenvalue weighted by molar-refractivity contribution is 0.666. The molecule has 0 amide bonds. The highest BCUT2D eigenvalue weighted by molar-refractivity contribution is 8.00. The number of thioether (sulfide) groups is 1. The second-order valence-corrected chi connectivity index (χ2v) is 6.16. The molecule has 0 aliphatic carbocycles. The van der Waals surface area contributed by atoms with Crippen LogP contribution in [0.4, 0.5) is 5.69 Å². The largest absolute Gasteiger partial charge is 0.347 e. The number of anilines is 1. The third-order valence-corrected chi connectivity index (χ3v) is 4.50. The monoisotopic (exact) mass is 264 g/mol. The van der Waals surface area contributed by atoms with Crippen molar-refractivity contribution in [3.8, 4) is 0 Å². The molecule has 1 heterocycles. The summed E-state index contributed by atoms with van der Waals surface area (Å²) in [5.41, 5.74) is 8.97. The van der Waals surface area contributed by atoms with E-state index in [9.17, 15) is 0 Å². The molecule has 1 unspecified atom stereocenters. The number of unbranched alkanes of at least 4 members (excludes halogenated alkanes) is 3. The summed E-state index contributed by atoms with van der Waals surface area (Å²) in [6.45, 7) is 3.33. The zero-order valence-electron chi connectivity index (χ0n) is 11.3. The maximum absolute atomic E-state index is 6.09. The van der Waals surface area contributed by atoms with Crippen LogP contribution < -0.4 is 10.6 Å². The average molecular weight is 264 g/mol. The SMILES string of the molecule is CCCCCCc1cccc(N2CCSC2N)c1. The maximum Gasteiger partial charge on any atom is 0.125 e. The molecule has 2 N–H and O–H groups in total. The Balaban J connectivity index is 1.92. The second-order valence-electron chi connectivity index (χ2n) is 4.94. The van der Waals surface area contributed by atoms with E-state index < -0.39 is 0 Å². The van der Waals surface area contributed by atoms with Gasteiger partial charge < -0.3 is 10.6 Å². The van der Waals surface area contributed by atoms with Gasteiger partial charge in [0.2, 0.25) is 0 Å². The standard InChI is InChI=1S/C15H24N2S/c1-2-3-4-5-7-13-8-6-9-14(12-13)17-10-11-18-15(17)16/h6,8-9,12,15H,2-5,7,10-11,16H2,1H3. The van der Waals surface area contributed by atoms with E-state index in [2.05, 4.69) is 36.1 Å². The van der Waals surface area contributed by atoms with E-state index in [1.54, 1.807) is 0 Å². The lowest BCUT2D eigenvalue weighted by Crippen LogP contribution is -2.34. The Bertz CT molecular complexity index is 367. The fourth-order valence-corrected chi connectivity index (χ4v) is 3.36. The molecule has 1 fully saturated rings. The van der Waals surface area contributed by atoms with E-state index in [0.717, 1.165) is 12.3 Å². The van der Waals surface area contributed by atoms with E-state index in [1.807, 2.05) is 11.8 Å². The average Bonchev–Trinajstić information content (AvgIpc) is 2.81. The Labute approximate surface area is 115 Å². The molecule has 1 aliphatic heterocycles. The van der Waals surface area contributed by atoms with Crippen molar-refractivity contribution in [2.45, 2.75) is 44.5 Å². The molecule has 1 atom stereocenters. The molecule has 0 saturated carbocycles. The van der Waals surface area contributed by atoms with Crippen molar-refractivity contribution in [3.05, 3.63) is 29.8 Å². The highest BCUT2D eigenvalue weighted by Crippen LogP contribution is 2.27. The Morgan fingerprint density at radius 2 is 2.22 bits per heavy atom. The van der Waals surface area contributed by atoms with Crippen LogP contribution in [-0.4, -0.2) is 17.8 Å². The molecule has 3 heteroatoms. The van der Waals surface area contributed by atoms with Crippen LogP contribution in [-0.2, 0) is 6.42 Å². The quantitative estimate of drug-likeness (QED) is 0.796. The van der Waals surface area contributed by atoms with E-state index in [4.69, 9.17) is 5.73 Å². The van der Waals surface area contributed by atoms with Crippen molar-refractivity contribution in [2.75, 3.05) is 17.2 Å². The summed E-state index contributed by atoms with van der Waals surface area (Å²) < 4.78 is 0. The Morgan fingerprint density at radius 1 is 1.33 bits per heavy atom. The van der Waals surface area contributed by atoms with Gasteiger partial charge in [-0.25, -0.2) is 0 Å². The minimum absolute atomic E-state index is 0.139. The molecule has 0 bridgehead atoms. The summed E-state index contributed by atoms with van der Waals surface area (Å²) in [5, 5.41) is 0. The predicted octanol–water partition coefficient (Wildman–Crippen LogP) is 3.60. The van der Waals surface area contributed by atoms with Gasteiger partial charge in [-0.3, -0.25) is 0 Å². The third kappa shape index (κ3) is 3.66. The molecule has 2 rings (SSSR count). The van der Waals surface area contributed by atoms with Crippen molar-refractivity contribution in [2.24, 2.45) is 5.73 Å². The van der Waals surface area contributed by atoms with Gasteiger partial charge in [-0.1, -0.05) is 38.3 Å². The van der Waals surface area contributed by atoms with Gasteiger partial charge in [0, 0.05) is 18.0 Å². The van der Waals surface area contributed by atoms with Gasteiger partial charge in [-0.2, -0.15) is 0 Å². The molecule has 0 aromatic heterocycles. The van der Waals surface area contributed by atoms with Crippen molar-refractivity contribution in [1.82, 2.24) is 0 Å². The first-order valence-corrected chi connectivity index (χ1v) is 8.09. The zero-order valence-corrected chi connectivity index (χ0v) is 12.1. The summed E-state index contributed by atoms with van der Waals surface area (Å²) in [4.78, 5) is 2.31. The minimum Gasteiger partial charge on any atom is -0.347 e. The first-order chi connectivity index (χ1) is 8.81. The van der Waals surface area contributed by atoms with Crippen molar-refractivity contribution >= 4 is 17.4 Å². The number of rotatable bonds is 6. The smallest absolute Gasteiger partial charge is 0.125 e. The lowest BCUT2D eigenvalue weighted by atomic mass is 10.1. The number of benzene rings is 1. The van der Waals surface area contributed by atoms with Crippen LogP contribution in [0.3, 0.4) is 0 Å². The van der Waals surface area contributed by atoms with Crippen LogP contribution in [0, 0.1) is 0 Å². The number of nitrogens with zero attached hydrogens (tertiary/aromatic N) is 1. The summed E-state index contributed by atoms with van der Waals surface area (Å²) in [7, 11) is 0. The molecular weight excluding hydrogens is 240 g/mol. The molecule has 100 valence electrons. The molecular formula is C15H24N2S. The fourth-order valence-electron chi connectivity index (χ4n) is 2.41. The van der Waals surface area contributed by atoms with E-state index in [1.165, 1.54) is 43.4 Å². The van der Waals surface area contributed by atoms with Crippen LogP contribution in [0.25, 0.3) is 0 Å². The first-order valence-electron chi connectivity index (χ1n) is 7.04. The maximum atomic E-state index is 6.09. The van der Waals surface area contributed by atoms with Gasteiger partial charge in [0.25, 0.3) is 0 Å². The summed E-state index contributed by atoms with van der Waals surface area (Å²) >= 11 is 1.83. The van der Waals surface area contributed by atoms with Crippen molar-refractivity contribution in [3.63, 3.8) is 0 Å². The van der Waals surface area contributed by atoms with Crippen LogP contribution in [0.1, 0.15) is 38.2 Å². The molecule has 1 saturated heterocycles. The van der Waals surface area contributed by atoms with Gasteiger partial charge in [-0.05, 0) is 30.5 Å². The van der Waals surface area contributed by atoms with E-state index in [-0.39, 0.29) is 5.50 Å². The van der Waals surface area contributed by atoms with Crippen LogP contribution in [0.5, 0.6) is 0 Å². The second kappa shape index (κ2) is 7.05. The van der Waals surface area contributed by atoms with Crippen LogP contribution in [0.2, 0.25) is 0 Å². The lowest BCUT2D eigenvalue weighted by Gasteiger charge is -2.23. The van der Waals surface area contributed by atoms with Gasteiger partial charge >= 0.3 is 0 Å². The molecule has 2 nitrogen and oxygen atoms in total. The van der Waals surface area contributed by atoms with Crippen LogP contribution in [0.15, 0.2) is 24.3 Å². The Hall–Kier alpha value is -0.670.